The van der Waals surface area contributed by atoms with Gasteiger partial charge in [-0.2, -0.15) is 13.8 Å². The maximum atomic E-state index is 12.3. The van der Waals surface area contributed by atoms with Crippen LogP contribution in [0.4, 0.5) is 8.78 Å². The maximum Gasteiger partial charge on any atom is 0.352 e. The van der Waals surface area contributed by atoms with Gasteiger partial charge >= 0.3 is 12.2 Å². The fraction of sp³-hybridized carbons (Fsp3) is 0.0909. The largest absolute Gasteiger partial charge is 0.352 e. The van der Waals surface area contributed by atoms with E-state index in [0.29, 0.717) is 16.3 Å². The summed E-state index contributed by atoms with van der Waals surface area (Å²) in [5, 5.41) is 0.551. The predicted molar refractivity (Wildman–Crippen MR) is 60.2 cm³/mol. The minimum absolute atomic E-state index is 0.263. The monoisotopic (exact) mass is 256 g/mol. The van der Waals surface area contributed by atoms with Gasteiger partial charge in [0.05, 0.1) is 5.69 Å². The van der Waals surface area contributed by atoms with Gasteiger partial charge in [0.2, 0.25) is 0 Å². The molecule has 1 aromatic carbocycles. The maximum absolute atomic E-state index is 12.3. The van der Waals surface area contributed by atoms with Crippen molar-refractivity contribution in [1.29, 1.82) is 0 Å². The van der Waals surface area contributed by atoms with Crippen LogP contribution in [-0.2, 0) is 0 Å². The van der Waals surface area contributed by atoms with Gasteiger partial charge in [0, 0.05) is 16.8 Å². The summed E-state index contributed by atoms with van der Waals surface area (Å²) in [6.45, 7) is -2.88. The zero-order chi connectivity index (χ0) is 12.4. The Balaban J connectivity index is 2.45. The molecule has 2 aromatic rings. The number of nitrogens with zero attached hydrogens (tertiary/aromatic N) is 2. The third-order valence-electron chi connectivity index (χ3n) is 2.18. The van der Waals surface area contributed by atoms with Crippen LogP contribution >= 0.6 is 11.6 Å². The van der Waals surface area contributed by atoms with Gasteiger partial charge in [0.25, 0.3) is 0 Å². The number of alkyl halides is 2. The molecule has 0 spiro atoms. The van der Waals surface area contributed by atoms with E-state index in [2.05, 4.69) is 4.98 Å². The Labute approximate surface area is 100 Å². The molecule has 0 fully saturated rings. The standard InChI is InChI=1S/C11H7ClF2N2O/c12-8-3-1-7(2-4-8)9-5-6-16(10(13)14)11(17)15-9/h1-6,10H. The third-order valence-corrected chi connectivity index (χ3v) is 2.43. The SMILES string of the molecule is O=c1nc(-c2ccc(Cl)cc2)ccn1C(F)F. The molecule has 88 valence electrons. The lowest BCUT2D eigenvalue weighted by Crippen LogP contribution is -2.23. The van der Waals surface area contributed by atoms with E-state index in [1.54, 1.807) is 24.3 Å². The van der Waals surface area contributed by atoms with Crippen molar-refractivity contribution in [3.63, 3.8) is 0 Å². The van der Waals surface area contributed by atoms with E-state index in [1.807, 2.05) is 0 Å². The quantitative estimate of drug-likeness (QED) is 0.828. The van der Waals surface area contributed by atoms with Gasteiger partial charge in [-0.3, -0.25) is 0 Å². The number of aromatic nitrogens is 2. The van der Waals surface area contributed by atoms with Crippen molar-refractivity contribution in [3.8, 4) is 11.3 Å². The van der Waals surface area contributed by atoms with E-state index in [1.165, 1.54) is 6.07 Å². The second-order valence-electron chi connectivity index (χ2n) is 3.29. The molecular formula is C11H7ClF2N2O. The lowest BCUT2D eigenvalue weighted by molar-refractivity contribution is 0.0649. The van der Waals surface area contributed by atoms with E-state index in [0.717, 1.165) is 6.20 Å². The number of halogens is 3. The van der Waals surface area contributed by atoms with Gasteiger partial charge in [0.1, 0.15) is 0 Å². The van der Waals surface area contributed by atoms with Crippen LogP contribution in [-0.4, -0.2) is 9.55 Å². The van der Waals surface area contributed by atoms with Gasteiger partial charge in [-0.05, 0) is 18.2 Å². The molecule has 3 nitrogen and oxygen atoms in total. The fourth-order valence-corrected chi connectivity index (χ4v) is 1.47. The van der Waals surface area contributed by atoms with Gasteiger partial charge < -0.3 is 0 Å². The molecule has 0 aliphatic heterocycles. The topological polar surface area (TPSA) is 34.9 Å². The van der Waals surface area contributed by atoms with Crippen molar-refractivity contribution in [2.45, 2.75) is 6.55 Å². The Morgan fingerprint density at radius 3 is 2.35 bits per heavy atom. The molecule has 1 aromatic heterocycles. The van der Waals surface area contributed by atoms with Gasteiger partial charge in [0.15, 0.2) is 0 Å². The van der Waals surface area contributed by atoms with E-state index >= 15 is 0 Å². The second-order valence-corrected chi connectivity index (χ2v) is 3.72. The van der Waals surface area contributed by atoms with Crippen LogP contribution in [0.15, 0.2) is 41.3 Å². The van der Waals surface area contributed by atoms with Crippen molar-refractivity contribution >= 4 is 11.6 Å². The highest BCUT2D eigenvalue weighted by atomic mass is 35.5. The Morgan fingerprint density at radius 1 is 1.18 bits per heavy atom. The Kier molecular flexibility index (Phi) is 3.19. The zero-order valence-corrected chi connectivity index (χ0v) is 9.23. The summed E-state index contributed by atoms with van der Waals surface area (Å²) in [6.07, 6.45) is 1.02. The minimum atomic E-state index is -2.88. The molecule has 0 atom stereocenters. The molecule has 0 radical (unpaired) electrons. The first-order valence-corrected chi connectivity index (χ1v) is 5.09. The first kappa shape index (κ1) is 11.7. The molecule has 0 saturated carbocycles. The molecular weight excluding hydrogens is 250 g/mol. The Bertz CT molecular complexity index is 581. The summed E-state index contributed by atoms with van der Waals surface area (Å²) < 4.78 is 24.9. The van der Waals surface area contributed by atoms with E-state index in [-0.39, 0.29) is 4.57 Å². The van der Waals surface area contributed by atoms with E-state index in [9.17, 15) is 13.6 Å². The molecule has 0 unspecified atom stereocenters. The van der Waals surface area contributed by atoms with E-state index < -0.39 is 12.2 Å². The summed E-state index contributed by atoms with van der Waals surface area (Å²) in [5.74, 6) is 0. The summed E-state index contributed by atoms with van der Waals surface area (Å²) in [6, 6.07) is 7.96. The van der Waals surface area contributed by atoms with Crippen molar-refractivity contribution in [1.82, 2.24) is 9.55 Å². The van der Waals surface area contributed by atoms with Crippen molar-refractivity contribution in [2.24, 2.45) is 0 Å². The summed E-state index contributed by atoms with van der Waals surface area (Å²) in [5.41, 5.74) is 0.00364. The predicted octanol–water partition coefficient (Wildman–Crippen LogP) is 2.96. The van der Waals surface area contributed by atoms with Crippen LogP contribution in [0.2, 0.25) is 5.02 Å². The van der Waals surface area contributed by atoms with Crippen LogP contribution in [0.3, 0.4) is 0 Å². The highest BCUT2D eigenvalue weighted by Crippen LogP contribution is 2.18. The average Bonchev–Trinajstić information content (AvgIpc) is 2.29. The second kappa shape index (κ2) is 4.63. The lowest BCUT2D eigenvalue weighted by Gasteiger charge is -2.04. The molecule has 0 saturated heterocycles. The lowest BCUT2D eigenvalue weighted by atomic mass is 10.1. The summed E-state index contributed by atoms with van der Waals surface area (Å²) in [4.78, 5) is 14.8. The van der Waals surface area contributed by atoms with Crippen LogP contribution in [0.5, 0.6) is 0 Å². The van der Waals surface area contributed by atoms with Crippen molar-refractivity contribution in [3.05, 3.63) is 52.0 Å². The molecule has 17 heavy (non-hydrogen) atoms. The highest BCUT2D eigenvalue weighted by molar-refractivity contribution is 6.30. The molecule has 6 heteroatoms. The van der Waals surface area contributed by atoms with Crippen LogP contribution in [0.25, 0.3) is 11.3 Å². The highest BCUT2D eigenvalue weighted by Gasteiger charge is 2.09. The number of rotatable bonds is 2. The number of hydrogen-bond acceptors (Lipinski definition) is 2. The third kappa shape index (κ3) is 2.50. The zero-order valence-electron chi connectivity index (χ0n) is 8.48. The molecule has 0 N–H and O–H groups in total. The Morgan fingerprint density at radius 2 is 1.82 bits per heavy atom. The van der Waals surface area contributed by atoms with Crippen molar-refractivity contribution in [2.75, 3.05) is 0 Å². The Hall–Kier alpha value is -1.75. The summed E-state index contributed by atoms with van der Waals surface area (Å²) in [7, 11) is 0. The van der Waals surface area contributed by atoms with Gasteiger partial charge in [-0.25, -0.2) is 9.36 Å². The number of benzene rings is 1. The first-order chi connectivity index (χ1) is 8.08. The fourth-order valence-electron chi connectivity index (χ4n) is 1.34. The van der Waals surface area contributed by atoms with Crippen LogP contribution in [0, 0.1) is 0 Å². The normalized spacial score (nSPS) is 10.8. The minimum Gasteiger partial charge on any atom is -0.245 e. The smallest absolute Gasteiger partial charge is 0.245 e. The summed E-state index contributed by atoms with van der Waals surface area (Å²) >= 11 is 5.71. The van der Waals surface area contributed by atoms with Crippen molar-refractivity contribution < 1.29 is 8.78 Å². The first-order valence-electron chi connectivity index (χ1n) is 4.71. The number of hydrogen-bond donors (Lipinski definition) is 0. The van der Waals surface area contributed by atoms with Crippen LogP contribution < -0.4 is 5.69 Å². The van der Waals surface area contributed by atoms with E-state index in [4.69, 9.17) is 11.6 Å². The molecule has 0 aliphatic rings. The molecule has 0 bridgehead atoms. The van der Waals surface area contributed by atoms with Gasteiger partial charge in [-0.1, -0.05) is 23.7 Å². The van der Waals surface area contributed by atoms with Crippen LogP contribution in [0.1, 0.15) is 6.55 Å². The molecule has 0 aliphatic carbocycles. The molecule has 0 amide bonds. The molecule has 1 heterocycles. The van der Waals surface area contributed by atoms with Gasteiger partial charge in [-0.15, -0.1) is 0 Å². The average molecular weight is 257 g/mol. The molecule has 2 rings (SSSR count).